The number of aromatic nitrogens is 1. The molecule has 3 rings (SSSR count). The minimum atomic E-state index is -0.539. The Balaban J connectivity index is 1.96. The van der Waals surface area contributed by atoms with Crippen LogP contribution in [0.4, 0.5) is 5.69 Å². The molecule has 1 aliphatic rings. The topological polar surface area (TPSA) is 59.5 Å². The Morgan fingerprint density at radius 3 is 2.71 bits per heavy atom. The summed E-state index contributed by atoms with van der Waals surface area (Å²) in [6.07, 6.45) is 1.66. The summed E-state index contributed by atoms with van der Waals surface area (Å²) in [4.78, 5) is 29.8. The van der Waals surface area contributed by atoms with Crippen LogP contribution in [-0.2, 0) is 11.3 Å². The number of fused-ring (bicyclic) bond motifs is 1. The van der Waals surface area contributed by atoms with Gasteiger partial charge in [-0.15, -0.1) is 0 Å². The summed E-state index contributed by atoms with van der Waals surface area (Å²) in [7, 11) is 1.52. The van der Waals surface area contributed by atoms with Crippen LogP contribution in [0.15, 0.2) is 41.0 Å². The van der Waals surface area contributed by atoms with Gasteiger partial charge in [-0.05, 0) is 46.3 Å². The molecule has 0 bridgehead atoms. The first-order valence-corrected chi connectivity index (χ1v) is 7.04. The molecule has 0 aliphatic carbocycles. The van der Waals surface area contributed by atoms with Crippen molar-refractivity contribution < 1.29 is 14.3 Å². The number of rotatable bonds is 3. The second-order valence-corrected chi connectivity index (χ2v) is 5.49. The van der Waals surface area contributed by atoms with Crippen molar-refractivity contribution in [1.29, 1.82) is 0 Å². The number of carbonyl (C=O) groups excluding carboxylic acids is 2. The third-order valence-corrected chi connectivity index (χ3v) is 3.76. The van der Waals surface area contributed by atoms with Crippen molar-refractivity contribution in [1.82, 2.24) is 4.98 Å². The van der Waals surface area contributed by atoms with Gasteiger partial charge in [0, 0.05) is 10.7 Å². The standard InChI is InChI=1S/C15H11BrN2O3/c1-21-11-4-5-13-12(6-11)14(19)15(20)18(13)8-10-3-2-9(16)7-17-10/h2-7H,8H2,1H3. The molecule has 0 unspecified atom stereocenters. The third-order valence-electron chi connectivity index (χ3n) is 3.29. The number of carbonyl (C=O) groups is 2. The van der Waals surface area contributed by atoms with Crippen molar-refractivity contribution >= 4 is 33.3 Å². The number of pyridine rings is 1. The Morgan fingerprint density at radius 2 is 2.05 bits per heavy atom. The van der Waals surface area contributed by atoms with Gasteiger partial charge < -0.3 is 4.74 Å². The van der Waals surface area contributed by atoms with Gasteiger partial charge in [-0.2, -0.15) is 0 Å². The fraction of sp³-hybridized carbons (Fsp3) is 0.133. The molecule has 0 spiro atoms. The SMILES string of the molecule is COc1ccc2c(c1)C(=O)C(=O)N2Cc1ccc(Br)cn1. The number of methoxy groups -OCH3 is 1. The second-order valence-electron chi connectivity index (χ2n) is 4.57. The van der Waals surface area contributed by atoms with Crippen molar-refractivity contribution in [3.63, 3.8) is 0 Å². The van der Waals surface area contributed by atoms with Gasteiger partial charge in [0.05, 0.1) is 30.6 Å². The lowest BCUT2D eigenvalue weighted by Gasteiger charge is -2.16. The number of ether oxygens (including phenoxy) is 1. The number of anilines is 1. The summed E-state index contributed by atoms with van der Waals surface area (Å²) in [5.41, 5.74) is 1.68. The van der Waals surface area contributed by atoms with Crippen LogP contribution in [0.5, 0.6) is 5.75 Å². The van der Waals surface area contributed by atoms with Gasteiger partial charge in [0.15, 0.2) is 0 Å². The Kier molecular flexibility index (Phi) is 3.47. The van der Waals surface area contributed by atoms with E-state index < -0.39 is 11.7 Å². The van der Waals surface area contributed by atoms with Crippen LogP contribution in [0.25, 0.3) is 0 Å². The number of hydrogen-bond donors (Lipinski definition) is 0. The van der Waals surface area contributed by atoms with Crippen molar-refractivity contribution in [2.75, 3.05) is 12.0 Å². The van der Waals surface area contributed by atoms with E-state index in [1.165, 1.54) is 12.0 Å². The van der Waals surface area contributed by atoms with E-state index in [0.29, 0.717) is 22.7 Å². The molecule has 1 aliphatic heterocycles. The molecular weight excluding hydrogens is 336 g/mol. The number of amides is 1. The van der Waals surface area contributed by atoms with E-state index in [1.54, 1.807) is 24.4 Å². The van der Waals surface area contributed by atoms with Crippen molar-refractivity contribution in [2.45, 2.75) is 6.54 Å². The normalized spacial score (nSPS) is 13.5. The predicted octanol–water partition coefficient (Wildman–Crippen LogP) is 2.58. The molecule has 0 saturated heterocycles. The molecule has 0 N–H and O–H groups in total. The molecule has 1 aromatic heterocycles. The zero-order chi connectivity index (χ0) is 15.0. The van der Waals surface area contributed by atoms with Gasteiger partial charge in [0.2, 0.25) is 0 Å². The summed E-state index contributed by atoms with van der Waals surface area (Å²) in [6.45, 7) is 0.261. The molecule has 106 valence electrons. The highest BCUT2D eigenvalue weighted by Gasteiger charge is 2.36. The van der Waals surface area contributed by atoms with E-state index in [0.717, 1.165) is 4.47 Å². The fourth-order valence-electron chi connectivity index (χ4n) is 2.23. The first-order chi connectivity index (χ1) is 10.1. The molecule has 0 atom stereocenters. The van der Waals surface area contributed by atoms with Crippen LogP contribution < -0.4 is 9.64 Å². The second kappa shape index (κ2) is 5.29. The van der Waals surface area contributed by atoms with Crippen LogP contribution in [0.2, 0.25) is 0 Å². The highest BCUT2D eigenvalue weighted by molar-refractivity contribution is 9.10. The summed E-state index contributed by atoms with van der Waals surface area (Å²) >= 11 is 3.31. The van der Waals surface area contributed by atoms with E-state index in [9.17, 15) is 9.59 Å². The van der Waals surface area contributed by atoms with Crippen molar-refractivity contribution in [3.8, 4) is 5.75 Å². The van der Waals surface area contributed by atoms with Crippen molar-refractivity contribution in [2.24, 2.45) is 0 Å². The molecule has 21 heavy (non-hydrogen) atoms. The van der Waals surface area contributed by atoms with Gasteiger partial charge in [-0.3, -0.25) is 19.5 Å². The number of Topliss-reactive ketones (excluding diaryl/α,β-unsaturated/α-hetero) is 1. The van der Waals surface area contributed by atoms with Crippen LogP contribution >= 0.6 is 15.9 Å². The first-order valence-electron chi connectivity index (χ1n) is 6.25. The van der Waals surface area contributed by atoms with E-state index in [-0.39, 0.29) is 6.54 Å². The smallest absolute Gasteiger partial charge is 0.299 e. The molecule has 5 nitrogen and oxygen atoms in total. The molecule has 0 radical (unpaired) electrons. The molecule has 6 heteroatoms. The van der Waals surface area contributed by atoms with Crippen LogP contribution in [0.3, 0.4) is 0 Å². The average molecular weight is 347 g/mol. The monoisotopic (exact) mass is 346 g/mol. The molecule has 0 saturated carbocycles. The first kappa shape index (κ1) is 13.8. The van der Waals surface area contributed by atoms with Crippen LogP contribution in [0, 0.1) is 0 Å². The summed E-state index contributed by atoms with van der Waals surface area (Å²) in [6, 6.07) is 8.69. The summed E-state index contributed by atoms with van der Waals surface area (Å²) in [5.74, 6) is -0.498. The Bertz CT molecular complexity index is 728. The van der Waals surface area contributed by atoms with E-state index in [2.05, 4.69) is 20.9 Å². The highest BCUT2D eigenvalue weighted by atomic mass is 79.9. The number of ketones is 1. The van der Waals surface area contributed by atoms with E-state index in [1.807, 2.05) is 12.1 Å². The summed E-state index contributed by atoms with van der Waals surface area (Å²) < 4.78 is 5.95. The zero-order valence-electron chi connectivity index (χ0n) is 11.2. The van der Waals surface area contributed by atoms with Gasteiger partial charge in [-0.25, -0.2) is 0 Å². The molecule has 1 amide bonds. The predicted molar refractivity (Wildman–Crippen MR) is 80.5 cm³/mol. The van der Waals surface area contributed by atoms with Gasteiger partial charge >= 0.3 is 0 Å². The lowest BCUT2D eigenvalue weighted by molar-refractivity contribution is -0.114. The van der Waals surface area contributed by atoms with Crippen LogP contribution in [0.1, 0.15) is 16.1 Å². The number of benzene rings is 1. The minimum absolute atomic E-state index is 0.261. The van der Waals surface area contributed by atoms with E-state index >= 15 is 0 Å². The van der Waals surface area contributed by atoms with Gasteiger partial charge in [0.1, 0.15) is 5.75 Å². The average Bonchev–Trinajstić information content (AvgIpc) is 2.74. The third kappa shape index (κ3) is 2.42. The maximum absolute atomic E-state index is 12.1. The number of halogens is 1. The van der Waals surface area contributed by atoms with Gasteiger partial charge in [-0.1, -0.05) is 0 Å². The zero-order valence-corrected chi connectivity index (χ0v) is 12.8. The Labute approximate surface area is 129 Å². The highest BCUT2D eigenvalue weighted by Crippen LogP contribution is 2.32. The molecule has 1 aromatic carbocycles. The molecular formula is C15H11BrN2O3. The van der Waals surface area contributed by atoms with Crippen molar-refractivity contribution in [3.05, 3.63) is 52.3 Å². The largest absolute Gasteiger partial charge is 0.497 e. The maximum atomic E-state index is 12.1. The Hall–Kier alpha value is -2.21. The molecule has 2 heterocycles. The quantitative estimate of drug-likeness (QED) is 0.801. The summed E-state index contributed by atoms with van der Waals surface area (Å²) in [5, 5.41) is 0. The lowest BCUT2D eigenvalue weighted by Crippen LogP contribution is -2.29. The minimum Gasteiger partial charge on any atom is -0.497 e. The fourth-order valence-corrected chi connectivity index (χ4v) is 2.46. The maximum Gasteiger partial charge on any atom is 0.299 e. The lowest BCUT2D eigenvalue weighted by atomic mass is 10.1. The van der Waals surface area contributed by atoms with E-state index in [4.69, 9.17) is 4.74 Å². The Morgan fingerprint density at radius 1 is 1.24 bits per heavy atom. The number of hydrogen-bond acceptors (Lipinski definition) is 4. The van der Waals surface area contributed by atoms with Crippen LogP contribution in [-0.4, -0.2) is 23.8 Å². The number of nitrogens with zero attached hydrogens (tertiary/aromatic N) is 2. The molecule has 0 fully saturated rings. The van der Waals surface area contributed by atoms with Gasteiger partial charge in [0.25, 0.3) is 11.7 Å². The molecule has 2 aromatic rings.